The third kappa shape index (κ3) is 4.95. The SMILES string of the molecule is Cc1ccc2nc(N(C)C)nc(NCc3ccc(C(=O)Nc4ccc(Cl)nc4)cc3)c2c1. The molecule has 7 nitrogen and oxygen atoms in total. The van der Waals surface area contributed by atoms with Gasteiger partial charge in [-0.15, -0.1) is 0 Å². The van der Waals surface area contributed by atoms with Gasteiger partial charge in [-0.1, -0.05) is 35.4 Å². The lowest BCUT2D eigenvalue weighted by atomic mass is 10.1. The van der Waals surface area contributed by atoms with Gasteiger partial charge in [0.25, 0.3) is 5.91 Å². The number of carbonyl (C=O) groups excluding carboxylic acids is 1. The number of anilines is 3. The fourth-order valence-electron chi connectivity index (χ4n) is 3.18. The Labute approximate surface area is 191 Å². The highest BCUT2D eigenvalue weighted by atomic mass is 35.5. The Balaban J connectivity index is 1.48. The largest absolute Gasteiger partial charge is 0.365 e. The average Bonchev–Trinajstić information content (AvgIpc) is 2.79. The monoisotopic (exact) mass is 446 g/mol. The number of fused-ring (bicyclic) bond motifs is 1. The average molecular weight is 447 g/mol. The summed E-state index contributed by atoms with van der Waals surface area (Å²) in [5, 5.41) is 7.58. The van der Waals surface area contributed by atoms with E-state index in [0.717, 1.165) is 27.8 Å². The van der Waals surface area contributed by atoms with Crippen molar-refractivity contribution in [2.45, 2.75) is 13.5 Å². The van der Waals surface area contributed by atoms with Crippen LogP contribution in [0.25, 0.3) is 10.9 Å². The first-order valence-corrected chi connectivity index (χ1v) is 10.5. The number of halogens is 1. The minimum Gasteiger partial charge on any atom is -0.365 e. The molecule has 1 amide bonds. The first kappa shape index (κ1) is 21.5. The van der Waals surface area contributed by atoms with Crippen molar-refractivity contribution in [3.8, 4) is 0 Å². The Morgan fingerprint density at radius 2 is 1.81 bits per heavy atom. The third-order valence-corrected chi connectivity index (χ3v) is 5.12. The Hall–Kier alpha value is -3.71. The molecule has 0 saturated carbocycles. The first-order chi connectivity index (χ1) is 15.4. The fraction of sp³-hybridized carbons (Fsp3) is 0.167. The van der Waals surface area contributed by atoms with Gasteiger partial charge in [-0.3, -0.25) is 4.79 Å². The van der Waals surface area contributed by atoms with E-state index in [1.165, 1.54) is 6.20 Å². The summed E-state index contributed by atoms with van der Waals surface area (Å²) in [6, 6.07) is 16.9. The maximum Gasteiger partial charge on any atom is 0.255 e. The van der Waals surface area contributed by atoms with Gasteiger partial charge in [0.15, 0.2) is 0 Å². The van der Waals surface area contributed by atoms with Gasteiger partial charge in [-0.05, 0) is 48.9 Å². The smallest absolute Gasteiger partial charge is 0.255 e. The molecule has 2 N–H and O–H groups in total. The standard InChI is InChI=1S/C24H23ClN6O/c1-15-4-10-20-19(12-15)22(30-24(29-20)31(2)3)27-13-16-5-7-17(8-6-16)23(32)28-18-9-11-21(25)26-14-18/h4-12,14H,13H2,1-3H3,(H,28,32)(H,27,29,30). The summed E-state index contributed by atoms with van der Waals surface area (Å²) < 4.78 is 0. The molecule has 8 heteroatoms. The molecule has 0 radical (unpaired) electrons. The van der Waals surface area contributed by atoms with Crippen molar-refractivity contribution < 1.29 is 4.79 Å². The minimum atomic E-state index is -0.207. The number of pyridine rings is 1. The lowest BCUT2D eigenvalue weighted by Crippen LogP contribution is -2.14. The van der Waals surface area contributed by atoms with Crippen molar-refractivity contribution in [3.05, 3.63) is 82.6 Å². The minimum absolute atomic E-state index is 0.207. The van der Waals surface area contributed by atoms with Crippen molar-refractivity contribution in [3.63, 3.8) is 0 Å². The molecule has 0 aliphatic heterocycles. The van der Waals surface area contributed by atoms with Gasteiger partial charge in [0.1, 0.15) is 11.0 Å². The highest BCUT2D eigenvalue weighted by Gasteiger charge is 2.10. The molecule has 0 fully saturated rings. The highest BCUT2D eigenvalue weighted by Crippen LogP contribution is 2.24. The number of carbonyl (C=O) groups is 1. The molecule has 2 aromatic carbocycles. The normalized spacial score (nSPS) is 10.8. The third-order valence-electron chi connectivity index (χ3n) is 4.90. The summed E-state index contributed by atoms with van der Waals surface area (Å²) >= 11 is 5.78. The second-order valence-corrected chi connectivity index (χ2v) is 8.05. The van der Waals surface area contributed by atoms with E-state index < -0.39 is 0 Å². The van der Waals surface area contributed by atoms with Crippen LogP contribution < -0.4 is 15.5 Å². The molecule has 162 valence electrons. The zero-order chi connectivity index (χ0) is 22.7. The second kappa shape index (κ2) is 9.20. The van der Waals surface area contributed by atoms with Crippen LogP contribution in [0.2, 0.25) is 5.15 Å². The van der Waals surface area contributed by atoms with Crippen LogP contribution in [0.1, 0.15) is 21.5 Å². The van der Waals surface area contributed by atoms with Crippen molar-refractivity contribution in [1.29, 1.82) is 0 Å². The molecule has 32 heavy (non-hydrogen) atoms. The predicted octanol–water partition coefficient (Wildman–Crippen LogP) is 4.92. The Morgan fingerprint density at radius 1 is 1.03 bits per heavy atom. The summed E-state index contributed by atoms with van der Waals surface area (Å²) in [7, 11) is 3.84. The van der Waals surface area contributed by atoms with Crippen LogP contribution >= 0.6 is 11.6 Å². The molecule has 0 atom stereocenters. The van der Waals surface area contributed by atoms with Crippen molar-refractivity contribution >= 4 is 45.9 Å². The van der Waals surface area contributed by atoms with E-state index in [1.807, 2.05) is 50.2 Å². The predicted molar refractivity (Wildman–Crippen MR) is 130 cm³/mol. The molecule has 4 rings (SSSR count). The van der Waals surface area contributed by atoms with Gasteiger partial charge >= 0.3 is 0 Å². The summed E-state index contributed by atoms with van der Waals surface area (Å²) in [5.41, 5.74) is 4.21. The number of hydrogen-bond acceptors (Lipinski definition) is 6. The number of nitrogens with zero attached hydrogens (tertiary/aromatic N) is 4. The van der Waals surface area contributed by atoms with Crippen molar-refractivity contribution in [2.24, 2.45) is 0 Å². The second-order valence-electron chi connectivity index (χ2n) is 7.66. The van der Waals surface area contributed by atoms with Crippen LogP contribution in [-0.2, 0) is 6.54 Å². The van der Waals surface area contributed by atoms with Crippen LogP contribution in [0.5, 0.6) is 0 Å². The molecule has 0 saturated heterocycles. The maximum atomic E-state index is 12.5. The molecule has 0 unspecified atom stereocenters. The van der Waals surface area contributed by atoms with Crippen molar-refractivity contribution in [2.75, 3.05) is 29.6 Å². The van der Waals surface area contributed by atoms with E-state index in [4.69, 9.17) is 11.6 Å². The molecule has 0 aliphatic carbocycles. The molecule has 2 heterocycles. The molecule has 4 aromatic rings. The van der Waals surface area contributed by atoms with Gasteiger partial charge in [0.2, 0.25) is 5.95 Å². The lowest BCUT2D eigenvalue weighted by molar-refractivity contribution is 0.102. The molecule has 0 bridgehead atoms. The number of hydrogen-bond donors (Lipinski definition) is 2. The van der Waals surface area contributed by atoms with Crippen LogP contribution in [0, 0.1) is 6.92 Å². The van der Waals surface area contributed by atoms with Gasteiger partial charge in [0, 0.05) is 31.6 Å². The van der Waals surface area contributed by atoms with E-state index in [0.29, 0.717) is 28.9 Å². The molecular formula is C24H23ClN6O. The number of aryl methyl sites for hydroxylation is 1. The number of nitrogens with one attached hydrogen (secondary N) is 2. The Kier molecular flexibility index (Phi) is 6.18. The number of rotatable bonds is 6. The quantitative estimate of drug-likeness (QED) is 0.409. The van der Waals surface area contributed by atoms with Crippen molar-refractivity contribution in [1.82, 2.24) is 15.0 Å². The Bertz CT molecular complexity index is 1260. The summed E-state index contributed by atoms with van der Waals surface area (Å²) in [6.07, 6.45) is 1.52. The lowest BCUT2D eigenvalue weighted by Gasteiger charge is -2.15. The number of amides is 1. The topological polar surface area (TPSA) is 83.0 Å². The van der Waals surface area contributed by atoms with Gasteiger partial charge in [-0.25, -0.2) is 9.97 Å². The van der Waals surface area contributed by atoms with Gasteiger partial charge in [0.05, 0.1) is 17.4 Å². The zero-order valence-electron chi connectivity index (χ0n) is 18.1. The van der Waals surface area contributed by atoms with E-state index in [2.05, 4.69) is 31.7 Å². The molecule has 0 aliphatic rings. The summed E-state index contributed by atoms with van der Waals surface area (Å²) in [5.74, 6) is 1.22. The number of benzene rings is 2. The van der Waals surface area contributed by atoms with Gasteiger partial charge in [-0.2, -0.15) is 4.98 Å². The fourth-order valence-corrected chi connectivity index (χ4v) is 3.29. The van der Waals surface area contributed by atoms with Crippen LogP contribution in [0.15, 0.2) is 60.8 Å². The molecule has 0 spiro atoms. The van der Waals surface area contributed by atoms with Crippen LogP contribution in [0.4, 0.5) is 17.5 Å². The first-order valence-electron chi connectivity index (χ1n) is 10.1. The number of aromatic nitrogens is 3. The van der Waals surface area contributed by atoms with E-state index in [-0.39, 0.29) is 5.91 Å². The highest BCUT2D eigenvalue weighted by molar-refractivity contribution is 6.29. The maximum absolute atomic E-state index is 12.5. The van der Waals surface area contributed by atoms with Gasteiger partial charge < -0.3 is 15.5 Å². The Morgan fingerprint density at radius 3 is 2.50 bits per heavy atom. The summed E-state index contributed by atoms with van der Waals surface area (Å²) in [4.78, 5) is 27.6. The van der Waals surface area contributed by atoms with E-state index in [9.17, 15) is 4.79 Å². The van der Waals surface area contributed by atoms with E-state index >= 15 is 0 Å². The van der Waals surface area contributed by atoms with E-state index in [1.54, 1.807) is 24.3 Å². The molecule has 2 aromatic heterocycles. The van der Waals surface area contributed by atoms with Crippen LogP contribution in [-0.4, -0.2) is 35.0 Å². The zero-order valence-corrected chi connectivity index (χ0v) is 18.8. The molecular weight excluding hydrogens is 424 g/mol. The summed E-state index contributed by atoms with van der Waals surface area (Å²) in [6.45, 7) is 2.61. The van der Waals surface area contributed by atoms with Crippen LogP contribution in [0.3, 0.4) is 0 Å².